The first kappa shape index (κ1) is 19.8. The topological polar surface area (TPSA) is 48.0 Å². The summed E-state index contributed by atoms with van der Waals surface area (Å²) >= 11 is 0. The zero-order valence-corrected chi connectivity index (χ0v) is 17.0. The number of benzene rings is 3. The van der Waals surface area contributed by atoms with Crippen molar-refractivity contribution >= 4 is 6.09 Å². The molecule has 1 unspecified atom stereocenters. The van der Waals surface area contributed by atoms with E-state index in [2.05, 4.69) is 0 Å². The summed E-state index contributed by atoms with van der Waals surface area (Å²) in [5, 5.41) is 0. The van der Waals surface area contributed by atoms with Crippen LogP contribution < -0.4 is 9.47 Å². The third-order valence-corrected chi connectivity index (χ3v) is 5.20. The second kappa shape index (κ2) is 9.35. The van der Waals surface area contributed by atoms with Crippen LogP contribution in [0.3, 0.4) is 0 Å². The van der Waals surface area contributed by atoms with Crippen molar-refractivity contribution in [2.24, 2.45) is 0 Å². The molecule has 0 radical (unpaired) electrons. The molecule has 30 heavy (non-hydrogen) atoms. The van der Waals surface area contributed by atoms with Crippen LogP contribution in [0.2, 0.25) is 0 Å². The number of methoxy groups -OCH3 is 1. The van der Waals surface area contributed by atoms with E-state index in [1.165, 1.54) is 0 Å². The van der Waals surface area contributed by atoms with E-state index in [-0.39, 0.29) is 12.1 Å². The minimum absolute atomic E-state index is 0.000196. The zero-order chi connectivity index (χ0) is 20.8. The monoisotopic (exact) mass is 403 g/mol. The van der Waals surface area contributed by atoms with Crippen molar-refractivity contribution in [1.82, 2.24) is 4.90 Å². The fraction of sp³-hybridized carbons (Fsp3) is 0.240. The molecule has 1 fully saturated rings. The second-order valence-corrected chi connectivity index (χ2v) is 7.33. The molecule has 1 saturated heterocycles. The van der Waals surface area contributed by atoms with Crippen LogP contribution in [0.1, 0.15) is 16.7 Å². The summed E-state index contributed by atoms with van der Waals surface area (Å²) in [4.78, 5) is 14.1. The highest BCUT2D eigenvalue weighted by atomic mass is 16.6. The van der Waals surface area contributed by atoms with E-state index in [1.54, 1.807) is 12.0 Å². The van der Waals surface area contributed by atoms with Crippen LogP contribution in [0.4, 0.5) is 4.79 Å². The molecule has 3 aromatic carbocycles. The number of hydrogen-bond acceptors (Lipinski definition) is 4. The maximum absolute atomic E-state index is 12.3. The lowest BCUT2D eigenvalue weighted by molar-refractivity contribution is 0.156. The van der Waals surface area contributed by atoms with Gasteiger partial charge in [-0.1, -0.05) is 54.6 Å². The van der Waals surface area contributed by atoms with Crippen molar-refractivity contribution in [2.45, 2.75) is 25.6 Å². The molecular weight excluding hydrogens is 378 g/mol. The first-order chi connectivity index (χ1) is 14.7. The first-order valence-electron chi connectivity index (χ1n) is 10.0. The van der Waals surface area contributed by atoms with Gasteiger partial charge in [0.05, 0.1) is 13.2 Å². The molecule has 0 saturated carbocycles. The maximum Gasteiger partial charge on any atom is 0.410 e. The predicted molar refractivity (Wildman–Crippen MR) is 115 cm³/mol. The molecule has 0 spiro atoms. The van der Waals surface area contributed by atoms with Gasteiger partial charge in [-0.15, -0.1) is 0 Å². The van der Waals surface area contributed by atoms with Gasteiger partial charge in [0.1, 0.15) is 24.7 Å². The molecule has 1 aliphatic heterocycles. The summed E-state index contributed by atoms with van der Waals surface area (Å²) in [5.74, 6) is 1.61. The fourth-order valence-corrected chi connectivity index (χ4v) is 3.56. The molecule has 3 aromatic rings. The van der Waals surface area contributed by atoms with Gasteiger partial charge < -0.3 is 14.2 Å². The Morgan fingerprint density at radius 1 is 0.900 bits per heavy atom. The van der Waals surface area contributed by atoms with E-state index in [0.29, 0.717) is 19.8 Å². The number of nitrogens with zero attached hydrogens (tertiary/aromatic N) is 1. The molecule has 0 bridgehead atoms. The predicted octanol–water partition coefficient (Wildman–Crippen LogP) is 4.84. The maximum atomic E-state index is 12.3. The van der Waals surface area contributed by atoms with Crippen LogP contribution in [0.25, 0.3) is 0 Å². The average molecular weight is 403 g/mol. The minimum Gasteiger partial charge on any atom is -0.497 e. The molecule has 154 valence electrons. The molecule has 1 atom stereocenters. The van der Waals surface area contributed by atoms with Gasteiger partial charge in [0.15, 0.2) is 0 Å². The van der Waals surface area contributed by atoms with Crippen LogP contribution in [-0.4, -0.2) is 30.8 Å². The lowest BCUT2D eigenvalue weighted by Gasteiger charge is -2.22. The summed E-state index contributed by atoms with van der Waals surface area (Å²) < 4.78 is 16.5. The van der Waals surface area contributed by atoms with Gasteiger partial charge in [0.2, 0.25) is 0 Å². The normalized spacial score (nSPS) is 15.7. The summed E-state index contributed by atoms with van der Waals surface area (Å²) in [7, 11) is 1.65. The van der Waals surface area contributed by atoms with Gasteiger partial charge in [0.25, 0.3) is 0 Å². The summed E-state index contributed by atoms with van der Waals surface area (Å²) in [6.07, 6.45) is 0.462. The molecule has 1 amide bonds. The Balaban J connectivity index is 1.40. The Morgan fingerprint density at radius 2 is 1.67 bits per heavy atom. The van der Waals surface area contributed by atoms with Crippen LogP contribution in [0.5, 0.6) is 11.5 Å². The number of hydrogen-bond donors (Lipinski definition) is 0. The molecule has 1 aliphatic rings. The second-order valence-electron chi connectivity index (χ2n) is 7.33. The fourth-order valence-electron chi connectivity index (χ4n) is 3.56. The highest BCUT2D eigenvalue weighted by molar-refractivity contribution is 5.70. The molecule has 0 aliphatic carbocycles. The first-order valence-corrected chi connectivity index (χ1v) is 10.0. The molecule has 5 heteroatoms. The Hall–Kier alpha value is -3.47. The lowest BCUT2D eigenvalue weighted by atomic mass is 10.0. The van der Waals surface area contributed by atoms with Crippen molar-refractivity contribution in [1.29, 1.82) is 0 Å². The van der Waals surface area contributed by atoms with Gasteiger partial charge in [-0.25, -0.2) is 4.79 Å². The Kier molecular flexibility index (Phi) is 6.18. The van der Waals surface area contributed by atoms with Crippen molar-refractivity contribution in [3.63, 3.8) is 0 Å². The van der Waals surface area contributed by atoms with Gasteiger partial charge in [-0.3, -0.25) is 4.90 Å². The van der Waals surface area contributed by atoms with E-state index >= 15 is 0 Å². The number of cyclic esters (lactones) is 1. The highest BCUT2D eigenvalue weighted by Crippen LogP contribution is 2.23. The van der Waals surface area contributed by atoms with Crippen LogP contribution in [0.15, 0.2) is 78.9 Å². The third-order valence-electron chi connectivity index (χ3n) is 5.20. The third kappa shape index (κ3) is 4.92. The number of ether oxygens (including phenoxy) is 3. The smallest absolute Gasteiger partial charge is 0.410 e. The van der Waals surface area contributed by atoms with E-state index in [4.69, 9.17) is 14.2 Å². The molecule has 1 heterocycles. The quantitative estimate of drug-likeness (QED) is 0.540. The standard InChI is InChI=1S/C25H25NO4/c1-28-23-12-10-19(11-13-23)14-22-18-30-25(27)26(22)16-21-8-5-9-24(15-21)29-17-20-6-3-2-4-7-20/h2-13,15,22H,14,16-18H2,1H3. The van der Waals surface area contributed by atoms with Crippen molar-refractivity contribution in [2.75, 3.05) is 13.7 Å². The average Bonchev–Trinajstić information content (AvgIpc) is 3.13. The van der Waals surface area contributed by atoms with Crippen LogP contribution >= 0.6 is 0 Å². The van der Waals surface area contributed by atoms with Gasteiger partial charge in [-0.2, -0.15) is 0 Å². The largest absolute Gasteiger partial charge is 0.497 e. The van der Waals surface area contributed by atoms with Crippen molar-refractivity contribution in [3.8, 4) is 11.5 Å². The summed E-state index contributed by atoms with van der Waals surface area (Å²) in [6.45, 7) is 1.40. The Bertz CT molecular complexity index is 972. The number of carbonyl (C=O) groups excluding carboxylic acids is 1. The lowest BCUT2D eigenvalue weighted by Crippen LogP contribution is -2.34. The zero-order valence-electron chi connectivity index (χ0n) is 17.0. The van der Waals surface area contributed by atoms with Gasteiger partial charge in [0, 0.05) is 6.54 Å². The number of carbonyl (C=O) groups is 1. The Labute approximate surface area is 176 Å². The van der Waals surface area contributed by atoms with Gasteiger partial charge in [-0.05, 0) is 47.4 Å². The molecule has 4 rings (SSSR count). The summed E-state index contributed by atoms with van der Waals surface area (Å²) in [5.41, 5.74) is 3.27. The molecular formula is C25H25NO4. The van der Waals surface area contributed by atoms with Crippen LogP contribution in [0, 0.1) is 0 Å². The van der Waals surface area contributed by atoms with E-state index in [1.807, 2.05) is 78.9 Å². The van der Waals surface area contributed by atoms with E-state index in [9.17, 15) is 4.79 Å². The minimum atomic E-state index is -0.274. The molecule has 0 aromatic heterocycles. The van der Waals surface area contributed by atoms with E-state index in [0.717, 1.165) is 34.6 Å². The van der Waals surface area contributed by atoms with Crippen LogP contribution in [-0.2, 0) is 24.3 Å². The van der Waals surface area contributed by atoms with Gasteiger partial charge >= 0.3 is 6.09 Å². The molecule has 0 N–H and O–H groups in total. The number of rotatable bonds is 8. The SMILES string of the molecule is COc1ccc(CC2COC(=O)N2Cc2cccc(OCc3ccccc3)c2)cc1. The highest BCUT2D eigenvalue weighted by Gasteiger charge is 2.32. The Morgan fingerprint density at radius 3 is 2.43 bits per heavy atom. The molecule has 5 nitrogen and oxygen atoms in total. The number of amides is 1. The summed E-state index contributed by atoms with van der Waals surface area (Å²) in [6, 6.07) is 25.9. The van der Waals surface area contributed by atoms with E-state index < -0.39 is 0 Å². The van der Waals surface area contributed by atoms with Crippen molar-refractivity contribution in [3.05, 3.63) is 95.6 Å². The van der Waals surface area contributed by atoms with Crippen molar-refractivity contribution < 1.29 is 19.0 Å².